The van der Waals surface area contributed by atoms with Gasteiger partial charge in [-0.25, -0.2) is 0 Å². The van der Waals surface area contributed by atoms with Crippen molar-refractivity contribution < 1.29 is 9.59 Å². The number of nitrogens with zero attached hydrogens (tertiary/aromatic N) is 1. The van der Waals surface area contributed by atoms with E-state index >= 15 is 0 Å². The van der Waals surface area contributed by atoms with Crippen LogP contribution in [0.5, 0.6) is 0 Å². The van der Waals surface area contributed by atoms with E-state index in [1.165, 1.54) is 11.8 Å². The van der Waals surface area contributed by atoms with Gasteiger partial charge in [0.25, 0.3) is 0 Å². The molecule has 0 aromatic carbocycles. The summed E-state index contributed by atoms with van der Waals surface area (Å²) in [5, 5.41) is 0. The van der Waals surface area contributed by atoms with Gasteiger partial charge in [0.15, 0.2) is 0 Å². The SMILES string of the molecule is NCCSCC(=O)N1CCCC(C(N)=O)C1. The highest BCUT2D eigenvalue weighted by Gasteiger charge is 2.26. The molecule has 1 heterocycles. The fourth-order valence-electron chi connectivity index (χ4n) is 1.77. The molecule has 1 atom stereocenters. The number of hydrogen-bond acceptors (Lipinski definition) is 4. The Bertz CT molecular complexity index is 260. The Hall–Kier alpha value is -0.750. The molecule has 0 aromatic rings. The second-order valence-electron chi connectivity index (χ2n) is 3.92. The smallest absolute Gasteiger partial charge is 0.232 e. The highest BCUT2D eigenvalue weighted by molar-refractivity contribution is 7.99. The van der Waals surface area contributed by atoms with Gasteiger partial charge < -0.3 is 16.4 Å². The van der Waals surface area contributed by atoms with Crippen LogP contribution in [0.25, 0.3) is 0 Å². The standard InChI is InChI=1S/C10H19N3O2S/c11-3-5-16-7-9(14)13-4-1-2-8(6-13)10(12)15/h8H,1-7,11H2,(H2,12,15). The van der Waals surface area contributed by atoms with Gasteiger partial charge in [-0.1, -0.05) is 0 Å². The minimum absolute atomic E-state index is 0.0874. The third kappa shape index (κ3) is 4.02. The van der Waals surface area contributed by atoms with Crippen LogP contribution in [0.3, 0.4) is 0 Å². The van der Waals surface area contributed by atoms with Gasteiger partial charge in [0.05, 0.1) is 11.7 Å². The minimum Gasteiger partial charge on any atom is -0.369 e. The maximum absolute atomic E-state index is 11.8. The Morgan fingerprint density at radius 2 is 2.19 bits per heavy atom. The summed E-state index contributed by atoms with van der Waals surface area (Å²) in [6.45, 7) is 1.81. The van der Waals surface area contributed by atoms with Crippen LogP contribution in [0.4, 0.5) is 0 Å². The summed E-state index contributed by atoms with van der Waals surface area (Å²) in [4.78, 5) is 24.5. The number of primary amides is 1. The third-order valence-corrected chi connectivity index (χ3v) is 3.64. The highest BCUT2D eigenvalue weighted by atomic mass is 32.2. The molecular formula is C10H19N3O2S. The third-order valence-electron chi connectivity index (χ3n) is 2.66. The maximum atomic E-state index is 11.8. The topological polar surface area (TPSA) is 89.4 Å². The highest BCUT2D eigenvalue weighted by Crippen LogP contribution is 2.17. The fourth-order valence-corrected chi connectivity index (χ4v) is 2.44. The van der Waals surface area contributed by atoms with Gasteiger partial charge in [-0.05, 0) is 12.8 Å². The second kappa shape index (κ2) is 6.75. The lowest BCUT2D eigenvalue weighted by molar-refractivity contribution is -0.132. The zero-order valence-electron chi connectivity index (χ0n) is 9.35. The lowest BCUT2D eigenvalue weighted by atomic mass is 9.97. The van der Waals surface area contributed by atoms with Crippen molar-refractivity contribution in [1.82, 2.24) is 4.90 Å². The van der Waals surface area contributed by atoms with E-state index in [4.69, 9.17) is 11.5 Å². The lowest BCUT2D eigenvalue weighted by Crippen LogP contribution is -2.44. The number of thioether (sulfide) groups is 1. The number of likely N-dealkylation sites (tertiary alicyclic amines) is 1. The summed E-state index contributed by atoms with van der Waals surface area (Å²) < 4.78 is 0. The van der Waals surface area contributed by atoms with E-state index in [1.807, 2.05) is 0 Å². The van der Waals surface area contributed by atoms with Gasteiger partial charge in [-0.3, -0.25) is 9.59 Å². The van der Waals surface area contributed by atoms with Crippen LogP contribution < -0.4 is 11.5 Å². The summed E-state index contributed by atoms with van der Waals surface area (Å²) in [5.41, 5.74) is 10.6. The first-order chi connectivity index (χ1) is 7.65. The van der Waals surface area contributed by atoms with Gasteiger partial charge in [-0.15, -0.1) is 0 Å². The molecule has 0 spiro atoms. The largest absolute Gasteiger partial charge is 0.369 e. The van der Waals surface area contributed by atoms with Crippen molar-refractivity contribution in [3.05, 3.63) is 0 Å². The van der Waals surface area contributed by atoms with Crippen molar-refractivity contribution in [3.63, 3.8) is 0 Å². The molecule has 92 valence electrons. The normalized spacial score (nSPS) is 20.8. The molecule has 1 aliphatic heterocycles. The Kier molecular flexibility index (Phi) is 5.62. The predicted molar refractivity (Wildman–Crippen MR) is 64.9 cm³/mol. The molecule has 2 amide bonds. The van der Waals surface area contributed by atoms with Crippen molar-refractivity contribution >= 4 is 23.6 Å². The zero-order valence-corrected chi connectivity index (χ0v) is 10.2. The first-order valence-corrected chi connectivity index (χ1v) is 6.65. The van der Waals surface area contributed by atoms with Crippen molar-refractivity contribution in [2.24, 2.45) is 17.4 Å². The van der Waals surface area contributed by atoms with Crippen LogP contribution >= 0.6 is 11.8 Å². The molecule has 1 saturated heterocycles. The Balaban J connectivity index is 2.35. The summed E-state index contributed by atoms with van der Waals surface area (Å²) >= 11 is 1.53. The summed E-state index contributed by atoms with van der Waals surface area (Å²) in [6.07, 6.45) is 1.66. The first-order valence-electron chi connectivity index (χ1n) is 5.50. The fraction of sp³-hybridized carbons (Fsp3) is 0.800. The van der Waals surface area contributed by atoms with Crippen molar-refractivity contribution in [1.29, 1.82) is 0 Å². The van der Waals surface area contributed by atoms with Gasteiger partial charge in [0.2, 0.25) is 11.8 Å². The van der Waals surface area contributed by atoms with E-state index in [2.05, 4.69) is 0 Å². The number of carbonyl (C=O) groups is 2. The molecule has 0 saturated carbocycles. The van der Waals surface area contributed by atoms with Gasteiger partial charge in [0.1, 0.15) is 0 Å². The molecule has 1 aliphatic rings. The molecule has 16 heavy (non-hydrogen) atoms. The van der Waals surface area contributed by atoms with Gasteiger partial charge >= 0.3 is 0 Å². The Morgan fingerprint density at radius 3 is 2.81 bits per heavy atom. The lowest BCUT2D eigenvalue weighted by Gasteiger charge is -2.31. The minimum atomic E-state index is -0.299. The molecule has 0 aliphatic carbocycles. The van der Waals surface area contributed by atoms with Gasteiger partial charge in [0, 0.05) is 25.4 Å². The van der Waals surface area contributed by atoms with E-state index in [0.29, 0.717) is 18.8 Å². The van der Waals surface area contributed by atoms with E-state index in [0.717, 1.165) is 25.1 Å². The zero-order chi connectivity index (χ0) is 12.0. The van der Waals surface area contributed by atoms with E-state index in [9.17, 15) is 9.59 Å². The van der Waals surface area contributed by atoms with E-state index < -0.39 is 0 Å². The molecule has 5 nitrogen and oxygen atoms in total. The molecular weight excluding hydrogens is 226 g/mol. The van der Waals surface area contributed by atoms with Gasteiger partial charge in [-0.2, -0.15) is 11.8 Å². The number of carbonyl (C=O) groups excluding carboxylic acids is 2. The molecule has 6 heteroatoms. The van der Waals surface area contributed by atoms with Crippen LogP contribution in [0, 0.1) is 5.92 Å². The van der Waals surface area contributed by atoms with E-state index in [1.54, 1.807) is 4.90 Å². The van der Waals surface area contributed by atoms with Crippen molar-refractivity contribution in [3.8, 4) is 0 Å². The van der Waals surface area contributed by atoms with Crippen LogP contribution in [0.1, 0.15) is 12.8 Å². The molecule has 0 radical (unpaired) electrons. The molecule has 0 bridgehead atoms. The summed E-state index contributed by atoms with van der Waals surface area (Å²) in [6, 6.07) is 0. The van der Waals surface area contributed by atoms with Crippen LogP contribution in [-0.2, 0) is 9.59 Å². The van der Waals surface area contributed by atoms with E-state index in [-0.39, 0.29) is 17.7 Å². The maximum Gasteiger partial charge on any atom is 0.232 e. The van der Waals surface area contributed by atoms with Crippen LogP contribution in [0.2, 0.25) is 0 Å². The van der Waals surface area contributed by atoms with Crippen LogP contribution in [0.15, 0.2) is 0 Å². The van der Waals surface area contributed by atoms with Crippen molar-refractivity contribution in [2.75, 3.05) is 31.1 Å². The number of hydrogen-bond donors (Lipinski definition) is 2. The van der Waals surface area contributed by atoms with Crippen LogP contribution in [-0.4, -0.2) is 47.9 Å². The Morgan fingerprint density at radius 1 is 1.44 bits per heavy atom. The predicted octanol–water partition coefficient (Wildman–Crippen LogP) is -0.598. The summed E-state index contributed by atoms with van der Waals surface area (Å²) in [7, 11) is 0. The first kappa shape index (κ1) is 13.3. The Labute approximate surface area is 99.9 Å². The van der Waals surface area contributed by atoms with Crippen molar-refractivity contribution in [2.45, 2.75) is 12.8 Å². The molecule has 1 unspecified atom stereocenters. The number of piperidine rings is 1. The second-order valence-corrected chi connectivity index (χ2v) is 5.03. The number of rotatable bonds is 5. The molecule has 0 aromatic heterocycles. The average molecular weight is 245 g/mol. The average Bonchev–Trinajstić information content (AvgIpc) is 2.29. The molecule has 1 fully saturated rings. The summed E-state index contributed by atoms with van der Waals surface area (Å²) in [5.74, 6) is 0.857. The quantitative estimate of drug-likeness (QED) is 0.633. The number of nitrogens with two attached hydrogens (primary N) is 2. The monoisotopic (exact) mass is 245 g/mol. The molecule has 1 rings (SSSR count). The number of amides is 2. The molecule has 4 N–H and O–H groups in total.